The van der Waals surface area contributed by atoms with E-state index in [1.54, 1.807) is 6.07 Å². The van der Waals surface area contributed by atoms with E-state index in [1.807, 2.05) is 19.1 Å². The molecule has 1 aromatic carbocycles. The van der Waals surface area contributed by atoms with Crippen LogP contribution in [0.2, 0.25) is 5.02 Å². The summed E-state index contributed by atoms with van der Waals surface area (Å²) in [6.45, 7) is 3.66. The third kappa shape index (κ3) is 2.21. The van der Waals surface area contributed by atoms with Crippen molar-refractivity contribution in [2.45, 2.75) is 31.6 Å². The summed E-state index contributed by atoms with van der Waals surface area (Å²) < 4.78 is 5.80. The molecule has 0 amide bonds. The van der Waals surface area contributed by atoms with Crippen molar-refractivity contribution in [1.82, 2.24) is 10.2 Å². The van der Waals surface area contributed by atoms with E-state index in [0.29, 0.717) is 22.4 Å². The van der Waals surface area contributed by atoms with Gasteiger partial charge in [-0.1, -0.05) is 18.0 Å². The van der Waals surface area contributed by atoms with Crippen LogP contribution in [-0.4, -0.2) is 23.3 Å². The van der Waals surface area contributed by atoms with Crippen molar-refractivity contribution in [3.8, 4) is 6.07 Å². The lowest BCUT2D eigenvalue weighted by atomic mass is 9.80. The fourth-order valence-electron chi connectivity index (χ4n) is 4.12. The maximum atomic E-state index is 9.02. The van der Waals surface area contributed by atoms with Crippen LogP contribution in [0.15, 0.2) is 22.6 Å². The number of anilines is 1. The van der Waals surface area contributed by atoms with E-state index in [1.165, 1.54) is 12.8 Å². The Morgan fingerprint density at radius 3 is 3.00 bits per heavy atom. The molecule has 0 spiro atoms. The summed E-state index contributed by atoms with van der Waals surface area (Å²) in [5.74, 6) is 1.93. The molecule has 1 aromatic heterocycles. The van der Waals surface area contributed by atoms with Gasteiger partial charge in [0.15, 0.2) is 0 Å². The number of nitriles is 1. The molecule has 5 nitrogen and oxygen atoms in total. The highest BCUT2D eigenvalue weighted by Crippen LogP contribution is 2.51. The zero-order chi connectivity index (χ0) is 16.0. The number of nitrogens with zero attached hydrogens (tertiary/aromatic N) is 4. The monoisotopic (exact) mass is 328 g/mol. The van der Waals surface area contributed by atoms with E-state index >= 15 is 0 Å². The fraction of sp³-hybridized carbons (Fsp3) is 0.471. The Morgan fingerprint density at radius 1 is 1.43 bits per heavy atom. The van der Waals surface area contributed by atoms with Gasteiger partial charge in [-0.25, -0.2) is 0 Å². The van der Waals surface area contributed by atoms with Crippen LogP contribution in [-0.2, 0) is 5.41 Å². The molecule has 0 N–H and O–H groups in total. The van der Waals surface area contributed by atoms with Gasteiger partial charge in [0.25, 0.3) is 0 Å². The summed E-state index contributed by atoms with van der Waals surface area (Å²) in [6.07, 6.45) is 3.47. The second-order valence-corrected chi connectivity index (χ2v) is 6.94. The molecule has 0 bridgehead atoms. The number of aryl methyl sites for hydroxylation is 1. The maximum absolute atomic E-state index is 9.02. The number of rotatable bonds is 2. The van der Waals surface area contributed by atoms with Crippen molar-refractivity contribution in [1.29, 1.82) is 5.26 Å². The van der Waals surface area contributed by atoms with E-state index in [4.69, 9.17) is 21.3 Å². The normalized spacial score (nSPS) is 26.3. The minimum absolute atomic E-state index is 0.0400. The topological polar surface area (TPSA) is 66.0 Å². The number of aromatic nitrogens is 2. The Bertz CT molecular complexity index is 796. The molecule has 2 aliphatic rings. The van der Waals surface area contributed by atoms with Crippen molar-refractivity contribution in [2.24, 2.45) is 5.92 Å². The number of halogens is 1. The Morgan fingerprint density at radius 2 is 2.30 bits per heavy atom. The summed E-state index contributed by atoms with van der Waals surface area (Å²) in [5.41, 5.74) is 1.53. The molecule has 2 heterocycles. The van der Waals surface area contributed by atoms with Crippen molar-refractivity contribution in [2.75, 3.05) is 18.0 Å². The first-order valence-electron chi connectivity index (χ1n) is 7.87. The van der Waals surface area contributed by atoms with Gasteiger partial charge >= 0.3 is 0 Å². The quantitative estimate of drug-likeness (QED) is 0.844. The average molecular weight is 329 g/mol. The van der Waals surface area contributed by atoms with E-state index in [9.17, 15) is 0 Å². The minimum Gasteiger partial charge on any atom is -0.425 e. The lowest BCUT2D eigenvalue weighted by Crippen LogP contribution is -2.32. The molecule has 2 atom stereocenters. The molecule has 6 heteroatoms. The van der Waals surface area contributed by atoms with E-state index in [-0.39, 0.29) is 5.41 Å². The first-order chi connectivity index (χ1) is 11.1. The van der Waals surface area contributed by atoms with Gasteiger partial charge in [-0.2, -0.15) is 5.26 Å². The van der Waals surface area contributed by atoms with Gasteiger partial charge in [-0.3, -0.25) is 0 Å². The second kappa shape index (κ2) is 5.24. The van der Waals surface area contributed by atoms with Crippen LogP contribution >= 0.6 is 11.6 Å². The average Bonchev–Trinajstić information content (AvgIpc) is 3.20. The predicted octanol–water partition coefficient (Wildman–Crippen LogP) is 3.46. The molecule has 2 aromatic rings. The molecule has 0 unspecified atom stereocenters. The Labute approximate surface area is 139 Å². The van der Waals surface area contributed by atoms with Crippen LogP contribution in [0, 0.1) is 24.2 Å². The fourth-order valence-corrected chi connectivity index (χ4v) is 4.34. The molecule has 2 fully saturated rings. The molecule has 4 rings (SSSR count). The largest absolute Gasteiger partial charge is 0.425 e. The van der Waals surface area contributed by atoms with Crippen LogP contribution in [0.4, 0.5) is 5.69 Å². The first kappa shape index (κ1) is 14.5. The van der Waals surface area contributed by atoms with Gasteiger partial charge in [0, 0.05) is 25.7 Å². The zero-order valence-electron chi connectivity index (χ0n) is 12.9. The van der Waals surface area contributed by atoms with Crippen LogP contribution in [0.3, 0.4) is 0 Å². The molecule has 0 radical (unpaired) electrons. The minimum atomic E-state index is -0.0400. The van der Waals surface area contributed by atoms with Crippen molar-refractivity contribution >= 4 is 17.3 Å². The molecular weight excluding hydrogens is 312 g/mol. The zero-order valence-corrected chi connectivity index (χ0v) is 13.7. The highest BCUT2D eigenvalue weighted by molar-refractivity contribution is 6.32. The van der Waals surface area contributed by atoms with E-state index in [0.717, 1.165) is 31.1 Å². The third-order valence-corrected chi connectivity index (χ3v) is 5.57. The lowest BCUT2D eigenvalue weighted by molar-refractivity contribution is 0.299. The van der Waals surface area contributed by atoms with E-state index in [2.05, 4.69) is 21.2 Å². The summed E-state index contributed by atoms with van der Waals surface area (Å²) in [4.78, 5) is 2.33. The number of benzene rings is 1. The SMILES string of the molecule is Cc1nnc([C@]23CCC[C@H]2CN(c2ccc(C#N)c(Cl)c2)C3)o1. The summed E-state index contributed by atoms with van der Waals surface area (Å²) >= 11 is 6.19. The standard InChI is InChI=1S/C17H17ClN4O/c1-11-20-21-16(23-11)17-6-2-3-13(17)9-22(10-17)14-5-4-12(8-19)15(18)7-14/h4-5,7,13H,2-3,6,9-10H2,1H3/t13-,17-/m0/s1. The molecule has 1 aliphatic carbocycles. The highest BCUT2D eigenvalue weighted by Gasteiger charge is 2.54. The van der Waals surface area contributed by atoms with Crippen molar-refractivity contribution < 1.29 is 4.42 Å². The van der Waals surface area contributed by atoms with Crippen molar-refractivity contribution in [3.05, 3.63) is 40.6 Å². The summed E-state index contributed by atoms with van der Waals surface area (Å²) in [6, 6.07) is 7.75. The molecule has 23 heavy (non-hydrogen) atoms. The first-order valence-corrected chi connectivity index (χ1v) is 8.25. The number of hydrogen-bond acceptors (Lipinski definition) is 5. The highest BCUT2D eigenvalue weighted by atomic mass is 35.5. The second-order valence-electron chi connectivity index (χ2n) is 6.53. The Balaban J connectivity index is 1.67. The molecule has 118 valence electrons. The van der Waals surface area contributed by atoms with Crippen LogP contribution in [0.5, 0.6) is 0 Å². The van der Waals surface area contributed by atoms with Gasteiger partial charge in [0.2, 0.25) is 11.8 Å². The van der Waals surface area contributed by atoms with Crippen LogP contribution in [0.1, 0.15) is 36.6 Å². The number of hydrogen-bond donors (Lipinski definition) is 0. The molecular formula is C17H17ClN4O. The Kier molecular flexibility index (Phi) is 3.31. The third-order valence-electron chi connectivity index (χ3n) is 5.26. The van der Waals surface area contributed by atoms with Crippen LogP contribution in [0.25, 0.3) is 0 Å². The van der Waals surface area contributed by atoms with Gasteiger partial charge in [0.05, 0.1) is 16.0 Å². The predicted molar refractivity (Wildman–Crippen MR) is 86.4 cm³/mol. The van der Waals surface area contributed by atoms with Gasteiger partial charge in [0.1, 0.15) is 6.07 Å². The summed E-state index contributed by atoms with van der Waals surface area (Å²) in [5, 5.41) is 17.9. The number of fused-ring (bicyclic) bond motifs is 1. The molecule has 1 aliphatic heterocycles. The van der Waals surface area contributed by atoms with Crippen LogP contribution < -0.4 is 4.90 Å². The van der Waals surface area contributed by atoms with Gasteiger partial charge in [-0.15, -0.1) is 10.2 Å². The summed E-state index contributed by atoms with van der Waals surface area (Å²) in [7, 11) is 0. The van der Waals surface area contributed by atoms with E-state index < -0.39 is 0 Å². The maximum Gasteiger partial charge on any atom is 0.224 e. The molecule has 1 saturated carbocycles. The molecule has 1 saturated heterocycles. The smallest absolute Gasteiger partial charge is 0.224 e. The van der Waals surface area contributed by atoms with Crippen molar-refractivity contribution in [3.63, 3.8) is 0 Å². The lowest BCUT2D eigenvalue weighted by Gasteiger charge is -2.25. The van der Waals surface area contributed by atoms with Gasteiger partial charge < -0.3 is 9.32 Å². The Hall–Kier alpha value is -2.06. The van der Waals surface area contributed by atoms with Gasteiger partial charge in [-0.05, 0) is 37.0 Å².